The molecule has 0 atom stereocenters. The van der Waals surface area contributed by atoms with Crippen molar-refractivity contribution in [2.24, 2.45) is 5.41 Å². The van der Waals surface area contributed by atoms with E-state index >= 15 is 0 Å². The Morgan fingerprint density at radius 2 is 2.11 bits per heavy atom. The quantitative estimate of drug-likeness (QED) is 0.576. The lowest BCUT2D eigenvalue weighted by molar-refractivity contribution is -0.147. The van der Waals surface area contributed by atoms with E-state index in [1.807, 2.05) is 0 Å². The highest BCUT2D eigenvalue weighted by Crippen LogP contribution is 2.26. The normalized spacial score (nSPS) is 16.6. The Morgan fingerprint density at radius 3 is 2.72 bits per heavy atom. The van der Waals surface area contributed by atoms with Gasteiger partial charge in [0.05, 0.1) is 17.8 Å². The highest BCUT2D eigenvalue weighted by Gasteiger charge is 2.26. The number of carbonyl (C=O) groups is 1. The molecule has 3 nitrogen and oxygen atoms in total. The first-order valence-corrected chi connectivity index (χ1v) is 6.53. The summed E-state index contributed by atoms with van der Waals surface area (Å²) < 4.78 is 5.79. The fourth-order valence-corrected chi connectivity index (χ4v) is 1.91. The standard InChI is InChI=1S/C15H24O3/c1-11-6-7-12(2)13(10-11)18-9-5-8-15(3,4)14(16)17/h6H,5,7-10H2,1-4H3,(H,16,17). The van der Waals surface area contributed by atoms with Gasteiger partial charge >= 0.3 is 5.97 Å². The molecule has 1 aliphatic rings. The van der Waals surface area contributed by atoms with E-state index in [2.05, 4.69) is 19.9 Å². The van der Waals surface area contributed by atoms with Gasteiger partial charge in [-0.2, -0.15) is 0 Å². The summed E-state index contributed by atoms with van der Waals surface area (Å²) in [5, 5.41) is 9.01. The number of hydrogen-bond donors (Lipinski definition) is 1. The van der Waals surface area contributed by atoms with Crippen molar-refractivity contribution in [3.63, 3.8) is 0 Å². The molecule has 3 heteroatoms. The van der Waals surface area contributed by atoms with Crippen LogP contribution in [-0.2, 0) is 9.53 Å². The lowest BCUT2D eigenvalue weighted by Crippen LogP contribution is -2.23. The van der Waals surface area contributed by atoms with Crippen LogP contribution in [0.4, 0.5) is 0 Å². The van der Waals surface area contributed by atoms with Crippen LogP contribution in [-0.4, -0.2) is 17.7 Å². The van der Waals surface area contributed by atoms with Gasteiger partial charge in [-0.25, -0.2) is 0 Å². The maximum atomic E-state index is 11.0. The average Bonchev–Trinajstić information content (AvgIpc) is 2.28. The third-order valence-electron chi connectivity index (χ3n) is 3.47. The monoisotopic (exact) mass is 252 g/mol. The van der Waals surface area contributed by atoms with Gasteiger partial charge in [-0.3, -0.25) is 4.79 Å². The van der Waals surface area contributed by atoms with Crippen molar-refractivity contribution in [1.29, 1.82) is 0 Å². The molecular formula is C15H24O3. The van der Waals surface area contributed by atoms with E-state index in [0.717, 1.165) is 25.0 Å². The Hall–Kier alpha value is -1.25. The molecule has 102 valence electrons. The van der Waals surface area contributed by atoms with Gasteiger partial charge in [-0.1, -0.05) is 11.6 Å². The van der Waals surface area contributed by atoms with Crippen LogP contribution in [0.1, 0.15) is 53.4 Å². The maximum absolute atomic E-state index is 11.0. The SMILES string of the molecule is CC1=CCC(C)=C(OCCCC(C)(C)C(=O)O)C1. The van der Waals surface area contributed by atoms with Crippen molar-refractivity contribution in [3.05, 3.63) is 23.0 Å². The third-order valence-corrected chi connectivity index (χ3v) is 3.47. The molecule has 0 aliphatic heterocycles. The van der Waals surface area contributed by atoms with Crippen LogP contribution in [0.2, 0.25) is 0 Å². The van der Waals surface area contributed by atoms with Crippen molar-refractivity contribution in [2.45, 2.75) is 53.4 Å². The van der Waals surface area contributed by atoms with Crippen molar-refractivity contribution in [2.75, 3.05) is 6.61 Å². The second kappa shape index (κ2) is 6.07. The Labute approximate surface area is 110 Å². The van der Waals surface area contributed by atoms with E-state index in [0.29, 0.717) is 13.0 Å². The fourth-order valence-electron chi connectivity index (χ4n) is 1.91. The lowest BCUT2D eigenvalue weighted by Gasteiger charge is -2.21. The van der Waals surface area contributed by atoms with Gasteiger partial charge in [0.15, 0.2) is 0 Å². The minimum atomic E-state index is -0.741. The van der Waals surface area contributed by atoms with E-state index < -0.39 is 11.4 Å². The second-order valence-corrected chi connectivity index (χ2v) is 5.78. The summed E-state index contributed by atoms with van der Waals surface area (Å²) in [6, 6.07) is 0. The first-order valence-electron chi connectivity index (χ1n) is 6.53. The molecule has 0 aromatic rings. The zero-order valence-corrected chi connectivity index (χ0v) is 11.9. The van der Waals surface area contributed by atoms with Gasteiger partial charge in [-0.15, -0.1) is 0 Å². The maximum Gasteiger partial charge on any atom is 0.309 e. The topological polar surface area (TPSA) is 46.5 Å². The van der Waals surface area contributed by atoms with E-state index in [1.165, 1.54) is 11.1 Å². The molecular weight excluding hydrogens is 228 g/mol. The highest BCUT2D eigenvalue weighted by atomic mass is 16.5. The molecule has 0 saturated heterocycles. The molecule has 0 aromatic carbocycles. The summed E-state index contributed by atoms with van der Waals surface area (Å²) in [7, 11) is 0. The molecule has 0 fully saturated rings. The van der Waals surface area contributed by atoms with Crippen LogP contribution in [0, 0.1) is 5.41 Å². The molecule has 1 N–H and O–H groups in total. The number of aliphatic carboxylic acids is 1. The number of hydrogen-bond acceptors (Lipinski definition) is 2. The van der Waals surface area contributed by atoms with Crippen LogP contribution in [0.15, 0.2) is 23.0 Å². The summed E-state index contributed by atoms with van der Waals surface area (Å²) in [5.41, 5.74) is 1.98. The first kappa shape index (κ1) is 14.8. The number of ether oxygens (including phenoxy) is 1. The minimum Gasteiger partial charge on any atom is -0.498 e. The van der Waals surface area contributed by atoms with Crippen LogP contribution in [0.25, 0.3) is 0 Å². The lowest BCUT2D eigenvalue weighted by atomic mass is 9.88. The molecule has 18 heavy (non-hydrogen) atoms. The Morgan fingerprint density at radius 1 is 1.44 bits per heavy atom. The number of carboxylic acids is 1. The van der Waals surface area contributed by atoms with E-state index in [4.69, 9.17) is 9.84 Å². The molecule has 1 aliphatic carbocycles. The largest absolute Gasteiger partial charge is 0.498 e. The Kier molecular flexibility index (Phi) is 5.00. The van der Waals surface area contributed by atoms with Gasteiger partial charge < -0.3 is 9.84 Å². The van der Waals surface area contributed by atoms with Crippen molar-refractivity contribution in [3.8, 4) is 0 Å². The molecule has 1 rings (SSSR count). The molecule has 0 spiro atoms. The van der Waals surface area contributed by atoms with Crippen LogP contribution < -0.4 is 0 Å². The molecule has 0 aromatic heterocycles. The van der Waals surface area contributed by atoms with Gasteiger partial charge in [0.25, 0.3) is 0 Å². The fraction of sp³-hybridized carbons (Fsp3) is 0.667. The number of allylic oxidation sites excluding steroid dienone is 3. The van der Waals surface area contributed by atoms with Crippen LogP contribution >= 0.6 is 0 Å². The van der Waals surface area contributed by atoms with E-state index in [-0.39, 0.29) is 0 Å². The zero-order valence-electron chi connectivity index (χ0n) is 11.9. The van der Waals surface area contributed by atoms with Gasteiger partial charge in [0, 0.05) is 6.42 Å². The van der Waals surface area contributed by atoms with Gasteiger partial charge in [0.2, 0.25) is 0 Å². The summed E-state index contributed by atoms with van der Waals surface area (Å²) >= 11 is 0. The molecule has 0 unspecified atom stereocenters. The third kappa shape index (κ3) is 4.21. The smallest absolute Gasteiger partial charge is 0.309 e. The summed E-state index contributed by atoms with van der Waals surface area (Å²) in [6.07, 6.45) is 5.52. The van der Waals surface area contributed by atoms with E-state index in [1.54, 1.807) is 13.8 Å². The van der Waals surface area contributed by atoms with Crippen LogP contribution in [0.3, 0.4) is 0 Å². The minimum absolute atomic E-state index is 0.608. The molecule has 0 bridgehead atoms. The van der Waals surface area contributed by atoms with Gasteiger partial charge in [0.1, 0.15) is 0 Å². The van der Waals surface area contributed by atoms with Gasteiger partial charge in [-0.05, 0) is 52.5 Å². The second-order valence-electron chi connectivity index (χ2n) is 5.78. The summed E-state index contributed by atoms with van der Waals surface area (Å²) in [5.74, 6) is 0.331. The van der Waals surface area contributed by atoms with Crippen molar-refractivity contribution in [1.82, 2.24) is 0 Å². The molecule has 0 saturated carbocycles. The van der Waals surface area contributed by atoms with Crippen LogP contribution in [0.5, 0.6) is 0 Å². The van der Waals surface area contributed by atoms with Crippen molar-refractivity contribution >= 4 is 5.97 Å². The predicted molar refractivity (Wildman–Crippen MR) is 72.3 cm³/mol. The summed E-state index contributed by atoms with van der Waals surface area (Å²) in [6.45, 7) is 8.33. The Bertz CT molecular complexity index is 375. The number of rotatable bonds is 6. The number of carboxylic acid groups (broad SMARTS) is 1. The Balaban J connectivity index is 2.33. The first-order chi connectivity index (χ1) is 8.33. The molecule has 0 heterocycles. The molecule has 0 amide bonds. The average molecular weight is 252 g/mol. The highest BCUT2D eigenvalue weighted by molar-refractivity contribution is 5.73. The van der Waals surface area contributed by atoms with E-state index in [9.17, 15) is 4.79 Å². The zero-order chi connectivity index (χ0) is 13.8. The predicted octanol–water partition coefficient (Wildman–Crippen LogP) is 3.91. The summed E-state index contributed by atoms with van der Waals surface area (Å²) in [4.78, 5) is 11.0. The van der Waals surface area contributed by atoms with Crippen molar-refractivity contribution < 1.29 is 14.6 Å². The molecule has 0 radical (unpaired) electrons.